The van der Waals surface area contributed by atoms with Gasteiger partial charge in [-0.3, -0.25) is 4.79 Å². The third-order valence-electron chi connectivity index (χ3n) is 3.90. The van der Waals surface area contributed by atoms with Crippen LogP contribution in [0.4, 0.5) is 5.82 Å². The summed E-state index contributed by atoms with van der Waals surface area (Å²) >= 11 is 0. The van der Waals surface area contributed by atoms with Crippen LogP contribution in [0.5, 0.6) is 5.75 Å². The molecule has 2 heterocycles. The zero-order valence-corrected chi connectivity index (χ0v) is 14.0. The fourth-order valence-electron chi connectivity index (χ4n) is 2.65. The zero-order valence-electron chi connectivity index (χ0n) is 14.0. The number of benzene rings is 1. The minimum absolute atomic E-state index is 0.313. The van der Waals surface area contributed by atoms with Gasteiger partial charge in [-0.05, 0) is 18.2 Å². The lowest BCUT2D eigenvalue weighted by atomic mass is 10.0. The molecule has 0 spiro atoms. The van der Waals surface area contributed by atoms with Gasteiger partial charge in [-0.1, -0.05) is 18.2 Å². The Morgan fingerprint density at radius 1 is 1.24 bits per heavy atom. The van der Waals surface area contributed by atoms with Crippen molar-refractivity contribution >= 4 is 11.7 Å². The Balaban J connectivity index is 2.05. The maximum atomic E-state index is 11.4. The van der Waals surface area contributed by atoms with Crippen LogP contribution in [0.3, 0.4) is 0 Å². The molecule has 7 nitrogen and oxygen atoms in total. The summed E-state index contributed by atoms with van der Waals surface area (Å²) in [6.45, 7) is 0. The van der Waals surface area contributed by atoms with E-state index in [4.69, 9.17) is 10.5 Å². The molecule has 3 rings (SSSR count). The van der Waals surface area contributed by atoms with Crippen LogP contribution in [0.25, 0.3) is 0 Å². The Kier molecular flexibility index (Phi) is 4.65. The zero-order chi connectivity index (χ0) is 17.8. The first-order valence-electron chi connectivity index (χ1n) is 7.72. The molecular weight excluding hydrogens is 318 g/mol. The molecule has 2 aromatic heterocycles. The first-order valence-corrected chi connectivity index (χ1v) is 7.72. The number of amides is 1. The van der Waals surface area contributed by atoms with Gasteiger partial charge < -0.3 is 20.4 Å². The van der Waals surface area contributed by atoms with Crippen molar-refractivity contribution in [2.75, 3.05) is 12.4 Å². The monoisotopic (exact) mass is 337 g/mol. The Bertz CT molecular complexity index is 890. The van der Waals surface area contributed by atoms with Crippen LogP contribution in [-0.2, 0) is 7.05 Å². The van der Waals surface area contributed by atoms with E-state index in [0.29, 0.717) is 11.4 Å². The maximum absolute atomic E-state index is 11.4. The average molecular weight is 337 g/mol. The number of ether oxygens (including phenoxy) is 1. The molecule has 1 amide bonds. The van der Waals surface area contributed by atoms with Crippen molar-refractivity contribution in [2.45, 2.75) is 6.04 Å². The number of methoxy groups -OCH3 is 1. The highest BCUT2D eigenvalue weighted by Crippen LogP contribution is 2.31. The van der Waals surface area contributed by atoms with Crippen molar-refractivity contribution in [2.24, 2.45) is 12.8 Å². The van der Waals surface area contributed by atoms with Gasteiger partial charge in [-0.15, -0.1) is 0 Å². The second kappa shape index (κ2) is 7.04. The molecule has 1 atom stereocenters. The quantitative estimate of drug-likeness (QED) is 0.718. The third kappa shape index (κ3) is 3.45. The molecule has 25 heavy (non-hydrogen) atoms. The van der Waals surface area contributed by atoms with Crippen molar-refractivity contribution in [3.63, 3.8) is 0 Å². The Morgan fingerprint density at radius 2 is 2.04 bits per heavy atom. The van der Waals surface area contributed by atoms with E-state index in [1.54, 1.807) is 31.6 Å². The summed E-state index contributed by atoms with van der Waals surface area (Å²) in [5.74, 6) is 1.54. The summed E-state index contributed by atoms with van der Waals surface area (Å²) in [6.07, 6.45) is 5.14. The first kappa shape index (κ1) is 16.5. The minimum atomic E-state index is -0.503. The van der Waals surface area contributed by atoms with Gasteiger partial charge in [0.15, 0.2) is 0 Å². The molecule has 0 aliphatic heterocycles. The van der Waals surface area contributed by atoms with Crippen LogP contribution in [-0.4, -0.2) is 27.6 Å². The minimum Gasteiger partial charge on any atom is -0.496 e. The number of nitrogens with two attached hydrogens (primary N) is 1. The topological polar surface area (TPSA) is 95.1 Å². The number of pyridine rings is 1. The molecule has 128 valence electrons. The number of aromatic nitrogens is 3. The van der Waals surface area contributed by atoms with Gasteiger partial charge in [0.25, 0.3) is 0 Å². The molecule has 3 aromatic rings. The van der Waals surface area contributed by atoms with Gasteiger partial charge in [0.2, 0.25) is 5.91 Å². The Morgan fingerprint density at radius 3 is 2.72 bits per heavy atom. The second-order valence-electron chi connectivity index (χ2n) is 5.51. The lowest BCUT2D eigenvalue weighted by Crippen LogP contribution is -2.19. The third-order valence-corrected chi connectivity index (χ3v) is 3.90. The SMILES string of the molecule is COc1ccccc1[C@H](Nc1cc(C(N)=O)ccn1)c1nccn1C. The maximum Gasteiger partial charge on any atom is 0.248 e. The largest absolute Gasteiger partial charge is 0.496 e. The second-order valence-corrected chi connectivity index (χ2v) is 5.51. The summed E-state index contributed by atoms with van der Waals surface area (Å²) in [7, 11) is 3.54. The number of anilines is 1. The number of aryl methyl sites for hydroxylation is 1. The van der Waals surface area contributed by atoms with Crippen molar-refractivity contribution in [1.82, 2.24) is 14.5 Å². The number of para-hydroxylation sites is 1. The first-order chi connectivity index (χ1) is 12.1. The number of rotatable bonds is 6. The molecular formula is C18H19N5O2. The summed E-state index contributed by atoms with van der Waals surface area (Å²) < 4.78 is 7.41. The van der Waals surface area contributed by atoms with E-state index >= 15 is 0 Å². The molecule has 0 aliphatic carbocycles. The number of hydrogen-bond donors (Lipinski definition) is 2. The van der Waals surface area contributed by atoms with Crippen LogP contribution in [0.15, 0.2) is 55.0 Å². The molecule has 0 unspecified atom stereocenters. The summed E-state index contributed by atoms with van der Waals surface area (Å²) in [6, 6.07) is 10.6. The lowest BCUT2D eigenvalue weighted by molar-refractivity contribution is 0.1000. The number of imidazole rings is 1. The number of carbonyl (C=O) groups is 1. The number of carbonyl (C=O) groups excluding carboxylic acids is 1. The van der Waals surface area contributed by atoms with Gasteiger partial charge in [-0.25, -0.2) is 9.97 Å². The van der Waals surface area contributed by atoms with E-state index in [1.807, 2.05) is 42.1 Å². The van der Waals surface area contributed by atoms with E-state index in [1.165, 1.54) is 0 Å². The lowest BCUT2D eigenvalue weighted by Gasteiger charge is -2.21. The van der Waals surface area contributed by atoms with E-state index in [2.05, 4.69) is 15.3 Å². The molecule has 0 bridgehead atoms. The fourth-order valence-corrected chi connectivity index (χ4v) is 2.65. The predicted octanol–water partition coefficient (Wildman–Crippen LogP) is 2.12. The van der Waals surface area contributed by atoms with Crippen molar-refractivity contribution < 1.29 is 9.53 Å². The Labute approximate surface area is 145 Å². The highest BCUT2D eigenvalue weighted by molar-refractivity contribution is 5.93. The normalized spacial score (nSPS) is 11.8. The molecule has 1 aromatic carbocycles. The van der Waals surface area contributed by atoms with Crippen molar-refractivity contribution in [3.8, 4) is 5.75 Å². The average Bonchev–Trinajstić information content (AvgIpc) is 3.05. The van der Waals surface area contributed by atoms with E-state index in [-0.39, 0.29) is 6.04 Å². The molecule has 0 saturated carbocycles. The Hall–Kier alpha value is -3.35. The molecule has 0 fully saturated rings. The van der Waals surface area contributed by atoms with Crippen LogP contribution >= 0.6 is 0 Å². The van der Waals surface area contributed by atoms with E-state index < -0.39 is 5.91 Å². The van der Waals surface area contributed by atoms with Crippen LogP contribution in [0.2, 0.25) is 0 Å². The predicted molar refractivity (Wildman–Crippen MR) is 94.4 cm³/mol. The van der Waals surface area contributed by atoms with E-state index in [0.717, 1.165) is 17.1 Å². The molecule has 7 heteroatoms. The highest BCUT2D eigenvalue weighted by atomic mass is 16.5. The molecule has 0 aliphatic rings. The van der Waals surface area contributed by atoms with Crippen LogP contribution < -0.4 is 15.8 Å². The summed E-state index contributed by atoms with van der Waals surface area (Å²) in [4.78, 5) is 20.2. The number of hydrogen-bond acceptors (Lipinski definition) is 5. The molecule has 0 radical (unpaired) electrons. The van der Waals surface area contributed by atoms with Gasteiger partial charge in [0, 0.05) is 36.8 Å². The van der Waals surface area contributed by atoms with Gasteiger partial charge in [-0.2, -0.15) is 0 Å². The highest BCUT2D eigenvalue weighted by Gasteiger charge is 2.22. The molecule has 0 saturated heterocycles. The van der Waals surface area contributed by atoms with Gasteiger partial charge >= 0.3 is 0 Å². The summed E-state index contributed by atoms with van der Waals surface area (Å²) in [5, 5.41) is 3.33. The van der Waals surface area contributed by atoms with Gasteiger partial charge in [0.1, 0.15) is 23.4 Å². The smallest absolute Gasteiger partial charge is 0.248 e. The van der Waals surface area contributed by atoms with Crippen molar-refractivity contribution in [3.05, 3.63) is 71.9 Å². The summed E-state index contributed by atoms with van der Waals surface area (Å²) in [5.41, 5.74) is 6.65. The number of nitrogens with one attached hydrogen (secondary N) is 1. The van der Waals surface area contributed by atoms with E-state index in [9.17, 15) is 4.79 Å². The standard InChI is InChI=1S/C18H19N5O2/c1-23-10-9-21-18(23)16(13-5-3-4-6-14(13)25-2)22-15-11-12(17(19)24)7-8-20-15/h3-11,16H,1-2H3,(H2,19,24)(H,20,22)/t16-/m0/s1. The van der Waals surface area contributed by atoms with Crippen LogP contribution in [0, 0.1) is 0 Å². The molecule has 3 N–H and O–H groups in total. The fraction of sp³-hybridized carbons (Fsp3) is 0.167. The number of nitrogens with zero attached hydrogens (tertiary/aromatic N) is 3. The van der Waals surface area contributed by atoms with Crippen molar-refractivity contribution in [1.29, 1.82) is 0 Å². The van der Waals surface area contributed by atoms with Crippen LogP contribution in [0.1, 0.15) is 27.8 Å². The number of primary amides is 1. The van der Waals surface area contributed by atoms with Gasteiger partial charge in [0.05, 0.1) is 7.11 Å².